The Hall–Kier alpha value is -0.740. The molecular formula is C13H18FNOS. The number of aliphatic hydroxyl groups excluding tert-OH is 1. The van der Waals surface area contributed by atoms with Crippen molar-refractivity contribution in [1.82, 2.24) is 0 Å². The highest BCUT2D eigenvalue weighted by atomic mass is 32.2. The van der Waals surface area contributed by atoms with Crippen molar-refractivity contribution in [2.24, 2.45) is 0 Å². The van der Waals surface area contributed by atoms with Crippen molar-refractivity contribution in [2.75, 3.05) is 23.5 Å². The van der Waals surface area contributed by atoms with Gasteiger partial charge in [0.05, 0.1) is 6.10 Å². The van der Waals surface area contributed by atoms with Crippen LogP contribution in [0.3, 0.4) is 0 Å². The summed E-state index contributed by atoms with van der Waals surface area (Å²) in [7, 11) is 2.02. The summed E-state index contributed by atoms with van der Waals surface area (Å²) in [6.07, 6.45) is 0.509. The standard InChI is InChI=1S/C13H18FNOS/c1-9(16)12-7-10(14)3-4-13(12)15(2)11-5-6-17-8-11/h3-4,7,9,11,16H,5-6,8H2,1-2H3/t9-,11?/m1/s1. The first kappa shape index (κ1) is 12.7. The highest BCUT2D eigenvalue weighted by Crippen LogP contribution is 2.31. The van der Waals surface area contributed by atoms with Gasteiger partial charge in [-0.15, -0.1) is 0 Å². The van der Waals surface area contributed by atoms with Gasteiger partial charge in [0.15, 0.2) is 0 Å². The number of benzene rings is 1. The maximum Gasteiger partial charge on any atom is 0.123 e. The van der Waals surface area contributed by atoms with Crippen LogP contribution in [-0.4, -0.2) is 29.7 Å². The van der Waals surface area contributed by atoms with Gasteiger partial charge in [0.25, 0.3) is 0 Å². The van der Waals surface area contributed by atoms with E-state index in [1.807, 2.05) is 18.8 Å². The molecule has 1 aromatic rings. The number of nitrogens with zero attached hydrogens (tertiary/aromatic N) is 1. The Morgan fingerprint density at radius 2 is 2.29 bits per heavy atom. The van der Waals surface area contributed by atoms with Crippen LogP contribution < -0.4 is 4.90 Å². The van der Waals surface area contributed by atoms with Crippen molar-refractivity contribution in [3.8, 4) is 0 Å². The van der Waals surface area contributed by atoms with Crippen molar-refractivity contribution in [2.45, 2.75) is 25.5 Å². The smallest absolute Gasteiger partial charge is 0.123 e. The zero-order chi connectivity index (χ0) is 12.4. The van der Waals surface area contributed by atoms with Gasteiger partial charge in [-0.2, -0.15) is 11.8 Å². The molecule has 1 aromatic carbocycles. The Bertz CT molecular complexity index is 391. The minimum Gasteiger partial charge on any atom is -0.389 e. The summed E-state index contributed by atoms with van der Waals surface area (Å²) in [6.45, 7) is 1.68. The van der Waals surface area contributed by atoms with Crippen LogP contribution in [0.4, 0.5) is 10.1 Å². The Balaban J connectivity index is 2.29. The fourth-order valence-corrected chi connectivity index (χ4v) is 3.47. The normalized spacial score (nSPS) is 21.5. The largest absolute Gasteiger partial charge is 0.389 e. The van der Waals surface area contributed by atoms with E-state index >= 15 is 0 Å². The number of anilines is 1. The van der Waals surface area contributed by atoms with E-state index < -0.39 is 6.10 Å². The first-order chi connectivity index (χ1) is 8.09. The van der Waals surface area contributed by atoms with Gasteiger partial charge in [-0.1, -0.05) is 0 Å². The molecular weight excluding hydrogens is 237 g/mol. The molecule has 1 aliphatic rings. The number of rotatable bonds is 3. The number of hydrogen-bond acceptors (Lipinski definition) is 3. The van der Waals surface area contributed by atoms with Crippen LogP contribution >= 0.6 is 11.8 Å². The van der Waals surface area contributed by atoms with Gasteiger partial charge < -0.3 is 10.0 Å². The van der Waals surface area contributed by atoms with E-state index in [2.05, 4.69) is 4.90 Å². The lowest BCUT2D eigenvalue weighted by atomic mass is 10.1. The molecule has 2 nitrogen and oxygen atoms in total. The molecule has 4 heteroatoms. The highest BCUT2D eigenvalue weighted by molar-refractivity contribution is 7.99. The first-order valence-electron chi connectivity index (χ1n) is 5.87. The lowest BCUT2D eigenvalue weighted by molar-refractivity contribution is 0.199. The van der Waals surface area contributed by atoms with E-state index in [0.717, 1.165) is 17.9 Å². The van der Waals surface area contributed by atoms with E-state index in [9.17, 15) is 9.50 Å². The SMILES string of the molecule is C[C@@H](O)c1cc(F)ccc1N(C)C1CCSC1. The molecule has 0 bridgehead atoms. The van der Waals surface area contributed by atoms with Crippen molar-refractivity contribution >= 4 is 17.4 Å². The molecule has 1 N–H and O–H groups in total. The second-order valence-electron chi connectivity index (χ2n) is 4.51. The summed E-state index contributed by atoms with van der Waals surface area (Å²) in [5, 5.41) is 9.72. The summed E-state index contributed by atoms with van der Waals surface area (Å²) in [5.41, 5.74) is 1.61. The molecule has 1 heterocycles. The summed E-state index contributed by atoms with van der Waals surface area (Å²) >= 11 is 1.94. The number of halogens is 1. The molecule has 0 aromatic heterocycles. The third-order valence-corrected chi connectivity index (χ3v) is 4.42. The molecule has 0 spiro atoms. The Labute approximate surface area is 106 Å². The molecule has 0 amide bonds. The third-order valence-electron chi connectivity index (χ3n) is 3.27. The molecule has 1 aliphatic heterocycles. The van der Waals surface area contributed by atoms with Crippen LogP contribution in [-0.2, 0) is 0 Å². The number of thioether (sulfide) groups is 1. The highest BCUT2D eigenvalue weighted by Gasteiger charge is 2.23. The van der Waals surface area contributed by atoms with Crippen LogP contribution in [0.25, 0.3) is 0 Å². The van der Waals surface area contributed by atoms with Gasteiger partial charge in [0, 0.05) is 30.1 Å². The van der Waals surface area contributed by atoms with Crippen LogP contribution in [0.1, 0.15) is 25.0 Å². The van der Waals surface area contributed by atoms with E-state index in [1.165, 1.54) is 17.9 Å². The Kier molecular flexibility index (Phi) is 3.94. The zero-order valence-electron chi connectivity index (χ0n) is 10.2. The lowest BCUT2D eigenvalue weighted by Crippen LogP contribution is -2.32. The van der Waals surface area contributed by atoms with Gasteiger partial charge in [0.2, 0.25) is 0 Å². The maximum absolute atomic E-state index is 13.2. The van der Waals surface area contributed by atoms with Crippen LogP contribution in [0, 0.1) is 5.82 Å². The van der Waals surface area contributed by atoms with E-state index in [1.54, 1.807) is 13.0 Å². The fraction of sp³-hybridized carbons (Fsp3) is 0.538. The summed E-state index contributed by atoms with van der Waals surface area (Å²) in [4.78, 5) is 2.17. The number of aliphatic hydroxyl groups is 1. The third kappa shape index (κ3) is 2.75. The molecule has 2 atom stereocenters. The average molecular weight is 255 g/mol. The second-order valence-corrected chi connectivity index (χ2v) is 5.66. The molecule has 1 unspecified atom stereocenters. The molecule has 0 saturated carbocycles. The fourth-order valence-electron chi connectivity index (χ4n) is 2.21. The summed E-state index contributed by atoms with van der Waals surface area (Å²) < 4.78 is 13.2. The van der Waals surface area contributed by atoms with Crippen molar-refractivity contribution in [1.29, 1.82) is 0 Å². The summed E-state index contributed by atoms with van der Waals surface area (Å²) in [5.74, 6) is 1.99. The van der Waals surface area contributed by atoms with Gasteiger partial charge in [-0.3, -0.25) is 0 Å². The van der Waals surface area contributed by atoms with Crippen LogP contribution in [0.2, 0.25) is 0 Å². The Morgan fingerprint density at radius 3 is 2.88 bits per heavy atom. The van der Waals surface area contributed by atoms with Crippen molar-refractivity contribution < 1.29 is 9.50 Å². The van der Waals surface area contributed by atoms with E-state index in [4.69, 9.17) is 0 Å². The molecule has 0 aliphatic carbocycles. The predicted octanol–water partition coefficient (Wildman–Crippen LogP) is 2.82. The average Bonchev–Trinajstić information content (AvgIpc) is 2.81. The molecule has 1 saturated heterocycles. The second kappa shape index (κ2) is 5.27. The van der Waals surface area contributed by atoms with Crippen LogP contribution in [0.15, 0.2) is 18.2 Å². The molecule has 2 rings (SSSR count). The number of hydrogen-bond donors (Lipinski definition) is 1. The zero-order valence-corrected chi connectivity index (χ0v) is 11.0. The molecule has 94 valence electrons. The van der Waals surface area contributed by atoms with Gasteiger partial charge in [0.1, 0.15) is 5.82 Å². The molecule has 0 radical (unpaired) electrons. The van der Waals surface area contributed by atoms with Gasteiger partial charge >= 0.3 is 0 Å². The molecule has 17 heavy (non-hydrogen) atoms. The topological polar surface area (TPSA) is 23.5 Å². The van der Waals surface area contributed by atoms with Crippen molar-refractivity contribution in [3.05, 3.63) is 29.6 Å². The minimum atomic E-state index is -0.641. The first-order valence-corrected chi connectivity index (χ1v) is 7.03. The van der Waals surface area contributed by atoms with Crippen molar-refractivity contribution in [3.63, 3.8) is 0 Å². The van der Waals surface area contributed by atoms with E-state index in [-0.39, 0.29) is 5.82 Å². The molecule has 1 fully saturated rings. The lowest BCUT2D eigenvalue weighted by Gasteiger charge is -2.29. The van der Waals surface area contributed by atoms with Gasteiger partial charge in [-0.25, -0.2) is 4.39 Å². The summed E-state index contributed by atoms with van der Waals surface area (Å²) in [6, 6.07) is 5.14. The van der Waals surface area contributed by atoms with Crippen LogP contribution in [0.5, 0.6) is 0 Å². The predicted molar refractivity (Wildman–Crippen MR) is 71.2 cm³/mol. The maximum atomic E-state index is 13.2. The minimum absolute atomic E-state index is 0.293. The van der Waals surface area contributed by atoms with E-state index in [0.29, 0.717) is 11.6 Å². The quantitative estimate of drug-likeness (QED) is 0.898. The Morgan fingerprint density at radius 1 is 1.53 bits per heavy atom. The van der Waals surface area contributed by atoms with Gasteiger partial charge in [-0.05, 0) is 37.3 Å². The monoisotopic (exact) mass is 255 g/mol.